The third-order valence-electron chi connectivity index (χ3n) is 5.64. The van der Waals surface area contributed by atoms with Gasteiger partial charge in [-0.15, -0.1) is 0 Å². The molecule has 0 bridgehead atoms. The van der Waals surface area contributed by atoms with Gasteiger partial charge in [0.1, 0.15) is 5.82 Å². The predicted octanol–water partition coefficient (Wildman–Crippen LogP) is 3.63. The summed E-state index contributed by atoms with van der Waals surface area (Å²) in [5, 5.41) is 0. The maximum absolute atomic E-state index is 13.0. The van der Waals surface area contributed by atoms with Crippen LogP contribution in [0.3, 0.4) is 0 Å². The Bertz CT molecular complexity index is 788. The molecule has 142 valence electrons. The monoisotopic (exact) mass is 365 g/mol. The Labute approximate surface area is 160 Å². The predicted molar refractivity (Wildman–Crippen MR) is 104 cm³/mol. The first kappa shape index (κ1) is 17.9. The number of piperidine rings is 2. The fraction of sp³-hybridized carbons (Fsp3) is 0.524. The van der Waals surface area contributed by atoms with Crippen LogP contribution in [0, 0.1) is 6.92 Å². The number of pyridine rings is 1. The third kappa shape index (κ3) is 3.94. The molecular weight excluding hydrogens is 338 g/mol. The second kappa shape index (κ2) is 8.03. The molecule has 0 aromatic carbocycles. The summed E-state index contributed by atoms with van der Waals surface area (Å²) in [6, 6.07) is 4.20. The van der Waals surface area contributed by atoms with Crippen molar-refractivity contribution >= 4 is 6.03 Å². The van der Waals surface area contributed by atoms with Crippen LogP contribution in [0.1, 0.15) is 49.5 Å². The Balaban J connectivity index is 1.58. The zero-order valence-electron chi connectivity index (χ0n) is 16.0. The lowest BCUT2D eigenvalue weighted by Crippen LogP contribution is -2.48. The number of hydrogen-bond acceptors (Lipinski definition) is 4. The summed E-state index contributed by atoms with van der Waals surface area (Å²) in [7, 11) is 0. The normalized spacial score (nSPS) is 20.6. The molecule has 0 N–H and O–H groups in total. The number of amides is 2. The number of rotatable bonds is 2. The minimum Gasteiger partial charge on any atom is -0.325 e. The summed E-state index contributed by atoms with van der Waals surface area (Å²) >= 11 is 0. The van der Waals surface area contributed by atoms with Gasteiger partial charge in [0.2, 0.25) is 0 Å². The second-order valence-electron chi connectivity index (χ2n) is 7.57. The van der Waals surface area contributed by atoms with Gasteiger partial charge in [0.05, 0.1) is 5.69 Å². The third-order valence-corrected chi connectivity index (χ3v) is 5.64. The zero-order valence-corrected chi connectivity index (χ0v) is 16.0. The number of nitrogens with zero attached hydrogens (tertiary/aromatic N) is 5. The largest absolute Gasteiger partial charge is 0.325 e. The van der Waals surface area contributed by atoms with Crippen molar-refractivity contribution in [1.29, 1.82) is 0 Å². The van der Waals surface area contributed by atoms with Crippen LogP contribution in [0.5, 0.6) is 0 Å². The number of hydrogen-bond donors (Lipinski definition) is 0. The van der Waals surface area contributed by atoms with Gasteiger partial charge in [-0.25, -0.2) is 14.8 Å². The highest BCUT2D eigenvalue weighted by Gasteiger charge is 2.30. The van der Waals surface area contributed by atoms with Gasteiger partial charge in [-0.05, 0) is 56.7 Å². The standard InChI is InChI=1S/C21H27N5O/c1-16-23-14-19(17-7-9-22-10-8-17)20(24-16)18-6-5-13-26(15-18)21(27)25-11-3-2-4-12-25/h7-10,14,18H,2-6,11-13,15H2,1H3. The number of urea groups is 1. The van der Waals surface area contributed by atoms with Crippen LogP contribution in [0.4, 0.5) is 4.79 Å². The number of carbonyl (C=O) groups excluding carboxylic acids is 1. The number of aromatic nitrogens is 3. The molecule has 2 amide bonds. The summed E-state index contributed by atoms with van der Waals surface area (Å²) in [6.07, 6.45) is 11.1. The highest BCUT2D eigenvalue weighted by atomic mass is 16.2. The van der Waals surface area contributed by atoms with Crippen LogP contribution in [-0.4, -0.2) is 57.0 Å². The fourth-order valence-electron chi connectivity index (χ4n) is 4.21. The summed E-state index contributed by atoms with van der Waals surface area (Å²) in [4.78, 5) is 30.4. The maximum Gasteiger partial charge on any atom is 0.320 e. The number of carbonyl (C=O) groups is 1. The molecule has 2 fully saturated rings. The van der Waals surface area contributed by atoms with Gasteiger partial charge in [0.25, 0.3) is 0 Å². The van der Waals surface area contributed by atoms with Crippen LogP contribution in [0.25, 0.3) is 11.1 Å². The average molecular weight is 365 g/mol. The van der Waals surface area contributed by atoms with E-state index in [9.17, 15) is 4.79 Å². The van der Waals surface area contributed by atoms with Crippen molar-refractivity contribution in [2.24, 2.45) is 0 Å². The topological polar surface area (TPSA) is 62.2 Å². The van der Waals surface area contributed by atoms with Crippen molar-refractivity contribution in [1.82, 2.24) is 24.8 Å². The van der Waals surface area contributed by atoms with Crippen molar-refractivity contribution in [2.75, 3.05) is 26.2 Å². The van der Waals surface area contributed by atoms with Gasteiger partial charge in [0, 0.05) is 56.3 Å². The second-order valence-corrected chi connectivity index (χ2v) is 7.57. The Kier molecular flexibility index (Phi) is 5.32. The molecule has 1 unspecified atom stereocenters. The lowest BCUT2D eigenvalue weighted by Gasteiger charge is -2.38. The molecule has 4 rings (SSSR count). The smallest absolute Gasteiger partial charge is 0.320 e. The van der Waals surface area contributed by atoms with E-state index in [0.717, 1.165) is 74.5 Å². The summed E-state index contributed by atoms with van der Waals surface area (Å²) in [5.41, 5.74) is 3.20. The minimum atomic E-state index is 0.204. The van der Waals surface area contributed by atoms with E-state index in [1.54, 1.807) is 12.4 Å². The molecule has 0 aliphatic carbocycles. The summed E-state index contributed by atoms with van der Waals surface area (Å²) in [6.45, 7) is 5.31. The van der Waals surface area contributed by atoms with Crippen molar-refractivity contribution in [3.63, 3.8) is 0 Å². The van der Waals surface area contributed by atoms with Gasteiger partial charge in [0.15, 0.2) is 0 Å². The fourth-order valence-corrected chi connectivity index (χ4v) is 4.21. The molecule has 2 aliphatic rings. The van der Waals surface area contributed by atoms with Gasteiger partial charge in [-0.3, -0.25) is 4.98 Å². The molecule has 0 saturated carbocycles. The first-order chi connectivity index (χ1) is 13.2. The molecule has 0 spiro atoms. The van der Waals surface area contributed by atoms with E-state index in [4.69, 9.17) is 4.98 Å². The molecule has 27 heavy (non-hydrogen) atoms. The van der Waals surface area contributed by atoms with Crippen molar-refractivity contribution in [3.05, 3.63) is 42.2 Å². The Morgan fingerprint density at radius 1 is 1.04 bits per heavy atom. The zero-order chi connectivity index (χ0) is 18.6. The number of likely N-dealkylation sites (tertiary alicyclic amines) is 2. The lowest BCUT2D eigenvalue weighted by molar-refractivity contribution is 0.130. The van der Waals surface area contributed by atoms with E-state index in [1.165, 1.54) is 6.42 Å². The Morgan fingerprint density at radius 3 is 2.56 bits per heavy atom. The first-order valence-electron chi connectivity index (χ1n) is 10.00. The van der Waals surface area contributed by atoms with Crippen molar-refractivity contribution in [2.45, 2.75) is 44.9 Å². The van der Waals surface area contributed by atoms with Crippen LogP contribution in [-0.2, 0) is 0 Å². The Morgan fingerprint density at radius 2 is 1.78 bits per heavy atom. The van der Waals surface area contributed by atoms with E-state index in [0.29, 0.717) is 0 Å². The Hall–Kier alpha value is -2.50. The van der Waals surface area contributed by atoms with E-state index in [-0.39, 0.29) is 11.9 Å². The maximum atomic E-state index is 13.0. The minimum absolute atomic E-state index is 0.204. The summed E-state index contributed by atoms with van der Waals surface area (Å²) < 4.78 is 0. The molecule has 2 saturated heterocycles. The SMILES string of the molecule is Cc1ncc(-c2ccncc2)c(C2CCCN(C(=O)N3CCCCC3)C2)n1. The van der Waals surface area contributed by atoms with Crippen LogP contribution < -0.4 is 0 Å². The van der Waals surface area contributed by atoms with E-state index < -0.39 is 0 Å². The van der Waals surface area contributed by atoms with E-state index in [2.05, 4.69) is 9.97 Å². The highest BCUT2D eigenvalue weighted by molar-refractivity contribution is 5.75. The van der Waals surface area contributed by atoms with Gasteiger partial charge in [-0.2, -0.15) is 0 Å². The quantitative estimate of drug-likeness (QED) is 0.815. The van der Waals surface area contributed by atoms with Crippen LogP contribution in [0.15, 0.2) is 30.7 Å². The molecule has 4 heterocycles. The molecule has 0 radical (unpaired) electrons. The first-order valence-corrected chi connectivity index (χ1v) is 10.00. The van der Waals surface area contributed by atoms with Gasteiger partial charge < -0.3 is 9.80 Å². The molecular formula is C21H27N5O. The van der Waals surface area contributed by atoms with Crippen molar-refractivity contribution in [3.8, 4) is 11.1 Å². The number of aryl methyl sites for hydroxylation is 1. The van der Waals surface area contributed by atoms with Crippen LogP contribution in [0.2, 0.25) is 0 Å². The van der Waals surface area contributed by atoms with E-state index >= 15 is 0 Å². The molecule has 2 aromatic heterocycles. The molecule has 2 aliphatic heterocycles. The van der Waals surface area contributed by atoms with Crippen LogP contribution >= 0.6 is 0 Å². The van der Waals surface area contributed by atoms with Crippen molar-refractivity contribution < 1.29 is 4.79 Å². The lowest BCUT2D eigenvalue weighted by atomic mass is 9.90. The van der Waals surface area contributed by atoms with E-state index in [1.807, 2.05) is 35.1 Å². The highest BCUT2D eigenvalue weighted by Crippen LogP contribution is 2.33. The molecule has 2 aromatic rings. The summed E-state index contributed by atoms with van der Waals surface area (Å²) in [5.74, 6) is 1.03. The average Bonchev–Trinajstić information content (AvgIpc) is 2.74. The molecule has 1 atom stereocenters. The van der Waals surface area contributed by atoms with Gasteiger partial charge in [-0.1, -0.05) is 0 Å². The molecule has 6 heteroatoms. The van der Waals surface area contributed by atoms with Gasteiger partial charge >= 0.3 is 6.03 Å². The molecule has 6 nitrogen and oxygen atoms in total.